The Morgan fingerprint density at radius 3 is 1.82 bits per heavy atom. The molecule has 0 bridgehead atoms. The molecule has 6 heteroatoms. The van der Waals surface area contributed by atoms with E-state index in [1.807, 2.05) is 76.0 Å². The van der Waals surface area contributed by atoms with Crippen molar-refractivity contribution in [1.82, 2.24) is 18.7 Å². The molecule has 76 heavy (non-hydrogen) atoms. The summed E-state index contributed by atoms with van der Waals surface area (Å²) in [5.74, 6) is 2.05. The summed E-state index contributed by atoms with van der Waals surface area (Å²) < 4.78 is 60.6. The van der Waals surface area contributed by atoms with Gasteiger partial charge in [-0.25, -0.2) is 4.98 Å². The van der Waals surface area contributed by atoms with Gasteiger partial charge in [-0.3, -0.25) is 13.7 Å². The normalized spacial score (nSPS) is 13.1. The summed E-state index contributed by atoms with van der Waals surface area (Å²) in [5, 5.41) is 4.48. The van der Waals surface area contributed by atoms with Crippen LogP contribution in [0.3, 0.4) is 0 Å². The van der Waals surface area contributed by atoms with Gasteiger partial charge in [0.25, 0.3) is 6.33 Å². The highest BCUT2D eigenvalue weighted by Gasteiger charge is 2.26. The van der Waals surface area contributed by atoms with Crippen LogP contribution in [-0.2, 0) is 17.3 Å². The molecule has 370 valence electrons. The Morgan fingerprint density at radius 2 is 1.14 bits per heavy atom. The van der Waals surface area contributed by atoms with E-state index in [2.05, 4.69) is 185 Å². The molecule has 0 saturated carbocycles. The fourth-order valence-corrected chi connectivity index (χ4v) is 11.0. The first-order chi connectivity index (χ1) is 39.0. The standard InChI is InChI=1S/C70H59N5O/c1-8-46-36-37-71-66(38-46)75-61-33-17-14-28-58(61)67-64(74-59-31-15-12-26-56(59)57-27-13-16-32-60(57)74)43-53(44-65(67)75)76-52-25-20-24-51(42-52)72-45-73(63-35-19-18-34-62(63)72)68-54(47-22-10-9-11-23-47)29-21-30-55(68)48-39-49(69(2,3)4)41-50(40-48)70(5,6)7/h9-44H,8H2,1-7H3/i9D,10D,11D,22D,23D. The van der Waals surface area contributed by atoms with E-state index in [9.17, 15) is 2.74 Å². The number of aryl methyl sites for hydroxylation is 1. The van der Waals surface area contributed by atoms with Crippen LogP contribution in [-0.4, -0.2) is 18.7 Å². The number of imidazole rings is 1. The van der Waals surface area contributed by atoms with Gasteiger partial charge in [0.2, 0.25) is 0 Å². The number of hydrogen-bond acceptors (Lipinski definition) is 2. The van der Waals surface area contributed by atoms with Crippen molar-refractivity contribution in [2.45, 2.75) is 65.7 Å². The lowest BCUT2D eigenvalue weighted by Gasteiger charge is -2.27. The highest BCUT2D eigenvalue weighted by atomic mass is 16.5. The Morgan fingerprint density at radius 1 is 0.539 bits per heavy atom. The van der Waals surface area contributed by atoms with Crippen LogP contribution in [0.15, 0.2) is 218 Å². The summed E-state index contributed by atoms with van der Waals surface area (Å²) in [6.07, 6.45) is 6.51. The van der Waals surface area contributed by atoms with Gasteiger partial charge in [0.1, 0.15) is 17.3 Å². The van der Waals surface area contributed by atoms with E-state index < -0.39 is 18.1 Å². The maximum Gasteiger partial charge on any atom is 0.269 e. The summed E-state index contributed by atoms with van der Waals surface area (Å²) in [6, 6.07) is 61.0. The zero-order chi connectivity index (χ0) is 56.2. The monoisotopic (exact) mass is 991 g/mol. The number of pyridine rings is 1. The third-order valence-electron chi connectivity index (χ3n) is 14.9. The molecule has 4 heterocycles. The van der Waals surface area contributed by atoms with Gasteiger partial charge in [0, 0.05) is 39.9 Å². The average molecular weight is 991 g/mol. The summed E-state index contributed by atoms with van der Waals surface area (Å²) >= 11 is 0. The molecule has 13 aromatic rings. The first-order valence-electron chi connectivity index (χ1n) is 28.6. The van der Waals surface area contributed by atoms with Crippen molar-refractivity contribution in [2.75, 3.05) is 0 Å². The van der Waals surface area contributed by atoms with E-state index in [0.717, 1.165) is 101 Å². The lowest BCUT2D eigenvalue weighted by atomic mass is 9.78. The minimum absolute atomic E-state index is 0.110. The third kappa shape index (κ3) is 7.95. The molecule has 0 amide bonds. The van der Waals surface area contributed by atoms with Crippen LogP contribution in [0.1, 0.15) is 72.0 Å². The molecule has 4 aromatic heterocycles. The topological polar surface area (TPSA) is 40.8 Å². The second kappa shape index (κ2) is 18.1. The highest BCUT2D eigenvalue weighted by molar-refractivity contribution is 6.16. The van der Waals surface area contributed by atoms with Gasteiger partial charge in [0.05, 0.1) is 57.0 Å². The summed E-state index contributed by atoms with van der Waals surface area (Å²) in [4.78, 5) is 4.99. The van der Waals surface area contributed by atoms with Gasteiger partial charge in [-0.1, -0.05) is 200 Å². The van der Waals surface area contributed by atoms with Gasteiger partial charge < -0.3 is 9.30 Å². The van der Waals surface area contributed by atoms with Gasteiger partial charge >= 0.3 is 0 Å². The Bertz CT molecular complexity index is 4590. The lowest BCUT2D eigenvalue weighted by Crippen LogP contribution is -2.31. The molecular weight excluding hydrogens is 927 g/mol. The number of ether oxygens (including phenoxy) is 1. The zero-order valence-electron chi connectivity index (χ0n) is 48.7. The summed E-state index contributed by atoms with van der Waals surface area (Å²) in [6.45, 7) is 15.4. The maximum atomic E-state index is 9.31. The van der Waals surface area contributed by atoms with Crippen molar-refractivity contribution in [3.05, 3.63) is 241 Å². The van der Waals surface area contributed by atoms with Crippen molar-refractivity contribution in [1.29, 1.82) is 0 Å². The first kappa shape index (κ1) is 41.4. The second-order valence-corrected chi connectivity index (χ2v) is 21.8. The predicted octanol–water partition coefficient (Wildman–Crippen LogP) is 17.6. The Hall–Kier alpha value is -9.00. The van der Waals surface area contributed by atoms with Gasteiger partial charge in [0.15, 0.2) is 0 Å². The Kier molecular flexibility index (Phi) is 9.87. The molecule has 13 rings (SSSR count). The molecule has 0 aliphatic heterocycles. The van der Waals surface area contributed by atoms with Gasteiger partial charge in [-0.05, 0) is 105 Å². The quantitative estimate of drug-likeness (QED) is 0.107. The van der Waals surface area contributed by atoms with Crippen molar-refractivity contribution in [3.8, 4) is 56.6 Å². The highest BCUT2D eigenvalue weighted by Crippen LogP contribution is 2.44. The fourth-order valence-electron chi connectivity index (χ4n) is 11.0. The minimum Gasteiger partial charge on any atom is -0.458 e. The average Bonchev–Trinajstić information content (AvgIpc) is 3.35. The molecule has 0 unspecified atom stereocenters. The number of para-hydroxylation sites is 6. The molecule has 0 radical (unpaired) electrons. The molecule has 0 spiro atoms. The molecule has 6 nitrogen and oxygen atoms in total. The van der Waals surface area contributed by atoms with E-state index in [-0.39, 0.29) is 28.5 Å². The first-order valence-corrected chi connectivity index (χ1v) is 26.1. The largest absolute Gasteiger partial charge is 0.458 e. The van der Waals surface area contributed by atoms with Crippen molar-refractivity contribution < 1.29 is 16.2 Å². The third-order valence-corrected chi connectivity index (χ3v) is 14.9. The van der Waals surface area contributed by atoms with E-state index in [4.69, 9.17) is 13.8 Å². The molecular formula is C70H59N5O. The maximum absolute atomic E-state index is 9.31. The zero-order valence-corrected chi connectivity index (χ0v) is 43.7. The van der Waals surface area contributed by atoms with Crippen LogP contribution in [0.4, 0.5) is 0 Å². The minimum atomic E-state index is -0.443. The smallest absolute Gasteiger partial charge is 0.269 e. The molecule has 0 atom stereocenters. The molecule has 9 aromatic carbocycles. The molecule has 0 fully saturated rings. The van der Waals surface area contributed by atoms with E-state index in [0.29, 0.717) is 22.7 Å². The van der Waals surface area contributed by atoms with Crippen molar-refractivity contribution in [2.24, 2.45) is 0 Å². The molecule has 0 aliphatic rings. The Balaban J connectivity index is 1.03. The lowest BCUT2D eigenvalue weighted by molar-refractivity contribution is -0.571. The van der Waals surface area contributed by atoms with Gasteiger partial charge in [-0.15, -0.1) is 0 Å². The molecule has 0 aliphatic carbocycles. The predicted molar refractivity (Wildman–Crippen MR) is 314 cm³/mol. The SMILES string of the molecule is [2H]c1c([2H])c([2H])c(-c2cccc(-c3cc(C(C)(C)C)cc(C(C)(C)C)c3)c2-[n+]2[c-]n(-c3cccc(Oc4cc(-n5c6ccccc6c6ccccc65)c5c6ccccc6n(-c6cc(CC)ccn6)c5c4)c3)c3ccccc32)c([2H])c1[2H]. The van der Waals surface area contributed by atoms with Crippen LogP contribution in [0.2, 0.25) is 0 Å². The van der Waals surface area contributed by atoms with Crippen LogP contribution in [0, 0.1) is 6.33 Å². The number of fused-ring (bicyclic) bond motifs is 7. The van der Waals surface area contributed by atoms with Gasteiger partial charge in [-0.2, -0.15) is 0 Å². The van der Waals surface area contributed by atoms with Crippen LogP contribution >= 0.6 is 0 Å². The summed E-state index contributed by atoms with van der Waals surface area (Å²) in [7, 11) is 0. The molecule has 0 N–H and O–H groups in total. The number of benzene rings is 9. The van der Waals surface area contributed by atoms with Crippen LogP contribution in [0.5, 0.6) is 11.5 Å². The fraction of sp³-hybridized carbons (Fsp3) is 0.143. The van der Waals surface area contributed by atoms with Crippen molar-refractivity contribution in [3.63, 3.8) is 0 Å². The van der Waals surface area contributed by atoms with E-state index in [1.54, 1.807) is 0 Å². The summed E-state index contributed by atoms with van der Waals surface area (Å²) in [5.41, 5.74) is 13.6. The van der Waals surface area contributed by atoms with Crippen LogP contribution in [0.25, 0.3) is 99.8 Å². The second-order valence-electron chi connectivity index (χ2n) is 21.8. The van der Waals surface area contributed by atoms with E-state index >= 15 is 0 Å². The van der Waals surface area contributed by atoms with Crippen molar-refractivity contribution >= 4 is 54.6 Å². The Labute approximate surface area is 451 Å². The number of nitrogens with zero attached hydrogens (tertiary/aromatic N) is 5. The van der Waals surface area contributed by atoms with E-state index in [1.165, 1.54) is 5.56 Å². The number of aromatic nitrogens is 5. The van der Waals surface area contributed by atoms with Crippen LogP contribution < -0.4 is 9.30 Å². The number of hydrogen-bond donors (Lipinski definition) is 0. The number of rotatable bonds is 9. The molecule has 0 saturated heterocycles.